The van der Waals surface area contributed by atoms with E-state index in [-0.39, 0.29) is 0 Å². The van der Waals surface area contributed by atoms with Crippen LogP contribution in [0.4, 0.5) is 0 Å². The Morgan fingerprint density at radius 1 is 1.70 bits per heavy atom. The maximum atomic E-state index is 10.3. The van der Waals surface area contributed by atoms with Crippen molar-refractivity contribution in [1.82, 2.24) is 0 Å². The lowest BCUT2D eigenvalue weighted by atomic mass is 10.1. The van der Waals surface area contributed by atoms with Crippen LogP contribution in [0, 0.1) is 0 Å². The molecule has 0 heterocycles. The molecular formula is C6H12O3S. The lowest BCUT2D eigenvalue weighted by molar-refractivity contribution is -0.156. The van der Waals surface area contributed by atoms with Crippen LogP contribution in [0.1, 0.15) is 13.3 Å². The summed E-state index contributed by atoms with van der Waals surface area (Å²) in [6.45, 7) is 1.31. The Bertz CT molecular complexity index is 122. The summed E-state index contributed by atoms with van der Waals surface area (Å²) in [5.41, 5.74) is -1.55. The molecule has 0 saturated heterocycles. The molecule has 0 aliphatic carbocycles. The largest absolute Gasteiger partial charge is 0.479 e. The van der Waals surface area contributed by atoms with E-state index in [9.17, 15) is 4.79 Å². The minimum atomic E-state index is -1.55. The molecule has 2 N–H and O–H groups in total. The molecule has 0 aliphatic rings. The van der Waals surface area contributed by atoms with E-state index in [1.54, 1.807) is 0 Å². The molecule has 0 amide bonds. The van der Waals surface area contributed by atoms with Crippen molar-refractivity contribution >= 4 is 17.7 Å². The normalized spacial score (nSPS) is 16.3. The van der Waals surface area contributed by atoms with Gasteiger partial charge in [-0.15, -0.1) is 0 Å². The standard InChI is InChI=1S/C6H12O3S/c1-6(9,5(7)8)3-4-10-2/h9H,3-4H2,1-2H3,(H,7,8). The minimum Gasteiger partial charge on any atom is -0.479 e. The quantitative estimate of drug-likeness (QED) is 0.638. The van der Waals surface area contributed by atoms with Gasteiger partial charge < -0.3 is 10.2 Å². The summed E-state index contributed by atoms with van der Waals surface area (Å²) in [7, 11) is 0. The van der Waals surface area contributed by atoms with Gasteiger partial charge in [0.1, 0.15) is 0 Å². The van der Waals surface area contributed by atoms with Crippen molar-refractivity contribution in [2.75, 3.05) is 12.0 Å². The van der Waals surface area contributed by atoms with Gasteiger partial charge >= 0.3 is 5.97 Å². The predicted octanol–water partition coefficient (Wildman–Crippen LogP) is 0.575. The Balaban J connectivity index is 3.75. The molecule has 0 aromatic heterocycles. The summed E-state index contributed by atoms with van der Waals surface area (Å²) in [6.07, 6.45) is 2.17. The average Bonchev–Trinajstić information content (AvgIpc) is 1.84. The van der Waals surface area contributed by atoms with Crippen LogP contribution in [-0.2, 0) is 4.79 Å². The van der Waals surface area contributed by atoms with Gasteiger partial charge in [0.15, 0.2) is 5.60 Å². The number of aliphatic hydroxyl groups is 1. The third-order valence-electron chi connectivity index (χ3n) is 1.25. The van der Waals surface area contributed by atoms with Crippen LogP contribution in [0.15, 0.2) is 0 Å². The molecule has 4 heteroatoms. The zero-order valence-electron chi connectivity index (χ0n) is 6.13. The topological polar surface area (TPSA) is 57.5 Å². The van der Waals surface area contributed by atoms with E-state index in [1.807, 2.05) is 6.26 Å². The molecule has 0 rings (SSSR count). The van der Waals surface area contributed by atoms with E-state index in [0.717, 1.165) is 0 Å². The summed E-state index contributed by atoms with van der Waals surface area (Å²) in [4.78, 5) is 10.3. The first-order chi connectivity index (χ1) is 4.50. The van der Waals surface area contributed by atoms with Gasteiger partial charge in [-0.1, -0.05) is 0 Å². The van der Waals surface area contributed by atoms with Gasteiger partial charge in [0.25, 0.3) is 0 Å². The molecule has 0 aliphatic heterocycles. The second kappa shape index (κ2) is 3.83. The van der Waals surface area contributed by atoms with Crippen LogP contribution in [0.3, 0.4) is 0 Å². The summed E-state index contributed by atoms with van der Waals surface area (Å²) < 4.78 is 0. The van der Waals surface area contributed by atoms with Crippen molar-refractivity contribution < 1.29 is 15.0 Å². The van der Waals surface area contributed by atoms with E-state index in [1.165, 1.54) is 18.7 Å². The van der Waals surface area contributed by atoms with E-state index >= 15 is 0 Å². The lowest BCUT2D eigenvalue weighted by Gasteiger charge is -2.16. The zero-order chi connectivity index (χ0) is 8.20. The highest BCUT2D eigenvalue weighted by Crippen LogP contribution is 2.12. The van der Waals surface area contributed by atoms with Crippen LogP contribution in [-0.4, -0.2) is 33.8 Å². The Labute approximate surface area is 64.4 Å². The Hall–Kier alpha value is -0.220. The van der Waals surface area contributed by atoms with Crippen LogP contribution >= 0.6 is 11.8 Å². The first-order valence-corrected chi connectivity index (χ1v) is 4.35. The van der Waals surface area contributed by atoms with Crippen LogP contribution < -0.4 is 0 Å². The molecule has 0 saturated carbocycles. The highest BCUT2D eigenvalue weighted by Gasteiger charge is 2.28. The Kier molecular flexibility index (Phi) is 3.75. The number of aliphatic carboxylic acids is 1. The van der Waals surface area contributed by atoms with E-state index in [2.05, 4.69) is 0 Å². The number of thioether (sulfide) groups is 1. The molecule has 0 radical (unpaired) electrons. The molecule has 1 unspecified atom stereocenters. The van der Waals surface area contributed by atoms with Crippen molar-refractivity contribution in [2.45, 2.75) is 18.9 Å². The summed E-state index contributed by atoms with van der Waals surface area (Å²) in [5.74, 6) is -0.485. The van der Waals surface area contributed by atoms with Gasteiger partial charge in [-0.2, -0.15) is 11.8 Å². The summed E-state index contributed by atoms with van der Waals surface area (Å²) >= 11 is 1.52. The highest BCUT2D eigenvalue weighted by molar-refractivity contribution is 7.98. The first kappa shape index (κ1) is 9.78. The predicted molar refractivity (Wildman–Crippen MR) is 41.3 cm³/mol. The fourth-order valence-corrected chi connectivity index (χ4v) is 1.01. The lowest BCUT2D eigenvalue weighted by Crippen LogP contribution is -2.35. The molecule has 0 bridgehead atoms. The first-order valence-electron chi connectivity index (χ1n) is 2.95. The molecule has 60 valence electrons. The summed E-state index contributed by atoms with van der Waals surface area (Å²) in [5, 5.41) is 17.5. The van der Waals surface area contributed by atoms with Gasteiger partial charge in [-0.05, 0) is 25.4 Å². The SMILES string of the molecule is CSCCC(C)(O)C(=O)O. The fourth-order valence-electron chi connectivity index (χ4n) is 0.408. The van der Waals surface area contributed by atoms with Crippen LogP contribution in [0.5, 0.6) is 0 Å². The second-order valence-electron chi connectivity index (χ2n) is 2.32. The van der Waals surface area contributed by atoms with E-state index in [0.29, 0.717) is 12.2 Å². The third-order valence-corrected chi connectivity index (χ3v) is 1.87. The summed E-state index contributed by atoms with van der Waals surface area (Å²) in [6, 6.07) is 0. The van der Waals surface area contributed by atoms with Crippen molar-refractivity contribution in [3.05, 3.63) is 0 Å². The number of carboxylic acids is 1. The second-order valence-corrected chi connectivity index (χ2v) is 3.31. The maximum absolute atomic E-state index is 10.3. The van der Waals surface area contributed by atoms with Crippen LogP contribution in [0.2, 0.25) is 0 Å². The minimum absolute atomic E-state index is 0.295. The Morgan fingerprint density at radius 2 is 2.20 bits per heavy atom. The van der Waals surface area contributed by atoms with Gasteiger partial charge in [0.2, 0.25) is 0 Å². The van der Waals surface area contributed by atoms with Gasteiger partial charge in [-0.25, -0.2) is 4.79 Å². The molecule has 0 aromatic carbocycles. The monoisotopic (exact) mass is 164 g/mol. The van der Waals surface area contributed by atoms with Gasteiger partial charge in [0, 0.05) is 0 Å². The van der Waals surface area contributed by atoms with Crippen molar-refractivity contribution in [3.8, 4) is 0 Å². The third kappa shape index (κ3) is 3.08. The number of rotatable bonds is 4. The van der Waals surface area contributed by atoms with Gasteiger partial charge in [-0.3, -0.25) is 0 Å². The van der Waals surface area contributed by atoms with E-state index < -0.39 is 11.6 Å². The zero-order valence-corrected chi connectivity index (χ0v) is 6.94. The van der Waals surface area contributed by atoms with Crippen molar-refractivity contribution in [3.63, 3.8) is 0 Å². The van der Waals surface area contributed by atoms with Crippen LogP contribution in [0.25, 0.3) is 0 Å². The fraction of sp³-hybridized carbons (Fsp3) is 0.833. The van der Waals surface area contributed by atoms with E-state index in [4.69, 9.17) is 10.2 Å². The molecular weight excluding hydrogens is 152 g/mol. The smallest absolute Gasteiger partial charge is 0.335 e. The van der Waals surface area contributed by atoms with Gasteiger partial charge in [0.05, 0.1) is 0 Å². The maximum Gasteiger partial charge on any atom is 0.335 e. The van der Waals surface area contributed by atoms with Crippen molar-refractivity contribution in [1.29, 1.82) is 0 Å². The molecule has 0 spiro atoms. The molecule has 1 atom stereocenters. The number of carboxylic acid groups (broad SMARTS) is 1. The number of carbonyl (C=O) groups is 1. The highest BCUT2D eigenvalue weighted by atomic mass is 32.2. The molecule has 0 fully saturated rings. The van der Waals surface area contributed by atoms with Crippen molar-refractivity contribution in [2.24, 2.45) is 0 Å². The Morgan fingerprint density at radius 3 is 2.50 bits per heavy atom. The molecule has 3 nitrogen and oxygen atoms in total. The molecule has 10 heavy (non-hydrogen) atoms. The number of hydrogen-bond donors (Lipinski definition) is 2. The number of hydrogen-bond acceptors (Lipinski definition) is 3. The average molecular weight is 164 g/mol. The molecule has 0 aromatic rings.